The van der Waals surface area contributed by atoms with Crippen LogP contribution in [-0.2, 0) is 16.0 Å². The molecule has 44 heavy (non-hydrogen) atoms. The molecule has 0 aromatic heterocycles. The highest BCUT2D eigenvalue weighted by atomic mass is 32.2. The number of aryl methyl sites for hydroxylation is 1. The lowest BCUT2D eigenvalue weighted by Crippen LogP contribution is -2.43. The van der Waals surface area contributed by atoms with Crippen molar-refractivity contribution in [2.75, 3.05) is 45.2 Å². The predicted octanol–water partition coefficient (Wildman–Crippen LogP) is 4.73. The zero-order chi connectivity index (χ0) is 31.4. The van der Waals surface area contributed by atoms with E-state index < -0.39 is 12.1 Å². The number of thioether (sulfide) groups is 1. The maximum atomic E-state index is 13.8. The van der Waals surface area contributed by atoms with Crippen molar-refractivity contribution in [3.05, 3.63) is 57.8 Å². The molecule has 5 atom stereocenters. The normalized spacial score (nSPS) is 21.8. The van der Waals surface area contributed by atoms with Gasteiger partial charge < -0.3 is 30.2 Å². The van der Waals surface area contributed by atoms with E-state index in [-0.39, 0.29) is 17.2 Å². The molecule has 10 heteroatoms. The molecule has 5 rings (SSSR count). The van der Waals surface area contributed by atoms with Crippen LogP contribution in [0.3, 0.4) is 0 Å². The number of rotatable bonds is 12. The van der Waals surface area contributed by atoms with Crippen molar-refractivity contribution in [1.82, 2.24) is 10.6 Å². The summed E-state index contributed by atoms with van der Waals surface area (Å²) in [4.78, 5) is 39.5. The van der Waals surface area contributed by atoms with Crippen LogP contribution in [0.1, 0.15) is 49.8 Å². The van der Waals surface area contributed by atoms with Gasteiger partial charge in [0.2, 0.25) is 23.0 Å². The zero-order valence-corrected chi connectivity index (χ0v) is 27.0. The van der Waals surface area contributed by atoms with Crippen molar-refractivity contribution >= 4 is 29.3 Å². The second-order valence-electron chi connectivity index (χ2n) is 11.9. The molecular formula is C34H43N3O6S. The SMILES string of the molecule is COc1cc2c(c(OC)c1OC)-c1ccc(N[C@@H](CCSC)C(=O)NC[C@@H]3C[C@@H]4C=C[C@H]3C4)c(=O)cc1[C@@H](NC(C)=O)CC2. The van der Waals surface area contributed by atoms with Gasteiger partial charge in [0, 0.05) is 19.0 Å². The molecule has 2 amide bonds. The van der Waals surface area contributed by atoms with E-state index in [1.54, 1.807) is 45.2 Å². The van der Waals surface area contributed by atoms with Crippen LogP contribution in [0.15, 0.2) is 41.2 Å². The number of hydrogen-bond acceptors (Lipinski definition) is 8. The van der Waals surface area contributed by atoms with E-state index in [0.717, 1.165) is 28.9 Å². The number of anilines is 1. The molecule has 0 unspecified atom stereocenters. The summed E-state index contributed by atoms with van der Waals surface area (Å²) in [6, 6.07) is 6.14. The monoisotopic (exact) mass is 621 g/mol. The number of fused-ring (bicyclic) bond motifs is 5. The van der Waals surface area contributed by atoms with E-state index >= 15 is 0 Å². The first-order chi connectivity index (χ1) is 21.3. The number of ether oxygens (including phenoxy) is 3. The molecule has 0 aliphatic heterocycles. The second kappa shape index (κ2) is 14.0. The molecule has 1 saturated carbocycles. The van der Waals surface area contributed by atoms with E-state index in [0.29, 0.717) is 72.1 Å². The average molecular weight is 622 g/mol. The first-order valence-corrected chi connectivity index (χ1v) is 16.7. The molecule has 9 nitrogen and oxygen atoms in total. The van der Waals surface area contributed by atoms with E-state index in [9.17, 15) is 14.4 Å². The van der Waals surface area contributed by atoms with E-state index in [1.165, 1.54) is 13.3 Å². The smallest absolute Gasteiger partial charge is 0.242 e. The van der Waals surface area contributed by atoms with E-state index in [1.807, 2.05) is 18.4 Å². The third-order valence-electron chi connectivity index (χ3n) is 9.13. The van der Waals surface area contributed by atoms with Crippen molar-refractivity contribution in [1.29, 1.82) is 0 Å². The summed E-state index contributed by atoms with van der Waals surface area (Å²) in [5, 5.41) is 9.49. The van der Waals surface area contributed by atoms with Gasteiger partial charge >= 0.3 is 0 Å². The minimum atomic E-state index is -0.566. The Morgan fingerprint density at radius 2 is 1.84 bits per heavy atom. The van der Waals surface area contributed by atoms with Gasteiger partial charge in [0.05, 0.1) is 33.1 Å². The van der Waals surface area contributed by atoms with E-state index in [4.69, 9.17) is 14.2 Å². The Morgan fingerprint density at radius 1 is 1.05 bits per heavy atom. The Balaban J connectivity index is 1.52. The number of allylic oxidation sites excluding steroid dienone is 2. The van der Waals surface area contributed by atoms with Crippen molar-refractivity contribution in [2.24, 2.45) is 17.8 Å². The predicted molar refractivity (Wildman–Crippen MR) is 175 cm³/mol. The molecule has 0 spiro atoms. The van der Waals surface area contributed by atoms with Gasteiger partial charge in [-0.15, -0.1) is 0 Å². The quantitative estimate of drug-likeness (QED) is 0.292. The van der Waals surface area contributed by atoms with Gasteiger partial charge in [0.15, 0.2) is 11.5 Å². The summed E-state index contributed by atoms with van der Waals surface area (Å²) in [6.45, 7) is 2.11. The number of nitrogens with one attached hydrogen (secondary N) is 3. The van der Waals surface area contributed by atoms with Gasteiger partial charge in [-0.25, -0.2) is 0 Å². The van der Waals surface area contributed by atoms with Gasteiger partial charge in [0.25, 0.3) is 0 Å². The third kappa shape index (κ3) is 6.55. The highest BCUT2D eigenvalue weighted by Gasteiger charge is 2.36. The lowest BCUT2D eigenvalue weighted by molar-refractivity contribution is -0.122. The number of carbonyl (C=O) groups is 2. The highest BCUT2D eigenvalue weighted by Crippen LogP contribution is 2.50. The van der Waals surface area contributed by atoms with Gasteiger partial charge in [-0.1, -0.05) is 18.2 Å². The third-order valence-corrected chi connectivity index (χ3v) is 9.77. The van der Waals surface area contributed by atoms with Crippen LogP contribution < -0.4 is 35.6 Å². The second-order valence-corrected chi connectivity index (χ2v) is 12.8. The number of carbonyl (C=O) groups excluding carboxylic acids is 2. The largest absolute Gasteiger partial charge is 0.493 e. The molecule has 2 aromatic carbocycles. The van der Waals surface area contributed by atoms with Gasteiger partial charge in [-0.3, -0.25) is 14.4 Å². The Labute approximate surface area is 263 Å². The Bertz CT molecular complexity index is 1490. The van der Waals surface area contributed by atoms with Crippen LogP contribution in [-0.4, -0.2) is 57.7 Å². The standard InChI is InChI=1S/C34H43N3O6S/c1-19(38)36-26-10-8-22-16-30(41-2)32(42-3)33(43-4)31(22)24-9-11-27(29(39)17-25(24)26)37-28(12-13-44-5)34(40)35-18-23-15-20-6-7-21(23)14-20/h6-7,9,11,16-17,20-21,23,26,28H,8,10,12-15,18H2,1-5H3,(H,35,40)(H,36,38)(H,37,39)/t20-,21+,23+,26+,28+/m1/s1. The van der Waals surface area contributed by atoms with Crippen LogP contribution in [0.2, 0.25) is 0 Å². The minimum Gasteiger partial charge on any atom is -0.493 e. The van der Waals surface area contributed by atoms with Crippen LogP contribution in [0, 0.1) is 17.8 Å². The summed E-state index contributed by atoms with van der Waals surface area (Å²) < 4.78 is 17.2. The number of hydrogen-bond donors (Lipinski definition) is 3. The van der Waals surface area contributed by atoms with Crippen molar-refractivity contribution in [3.63, 3.8) is 0 Å². The first kappa shape index (κ1) is 31.8. The molecular weight excluding hydrogens is 578 g/mol. The van der Waals surface area contributed by atoms with Crippen LogP contribution in [0.5, 0.6) is 17.2 Å². The molecule has 236 valence electrons. The molecule has 3 N–H and O–H groups in total. The molecule has 3 aliphatic carbocycles. The minimum absolute atomic E-state index is 0.0989. The topological polar surface area (TPSA) is 115 Å². The molecule has 0 heterocycles. The molecule has 0 saturated heterocycles. The van der Waals surface area contributed by atoms with Crippen molar-refractivity contribution < 1.29 is 23.8 Å². The Hall–Kier alpha value is -3.66. The molecule has 2 aromatic rings. The molecule has 2 bridgehead atoms. The number of methoxy groups -OCH3 is 3. The summed E-state index contributed by atoms with van der Waals surface area (Å²) in [5.74, 6) is 3.61. The molecule has 3 aliphatic rings. The lowest BCUT2D eigenvalue weighted by atomic mass is 9.93. The lowest BCUT2D eigenvalue weighted by Gasteiger charge is -2.22. The maximum Gasteiger partial charge on any atom is 0.242 e. The summed E-state index contributed by atoms with van der Waals surface area (Å²) in [7, 11) is 4.71. The molecule has 1 fully saturated rings. The Kier molecular flexibility index (Phi) is 10.1. The highest BCUT2D eigenvalue weighted by molar-refractivity contribution is 7.98. The van der Waals surface area contributed by atoms with Gasteiger partial charge in [-0.2, -0.15) is 11.8 Å². The fourth-order valence-electron chi connectivity index (χ4n) is 7.00. The maximum absolute atomic E-state index is 13.8. The van der Waals surface area contributed by atoms with Crippen LogP contribution in [0.4, 0.5) is 5.69 Å². The number of benzene rings is 1. The van der Waals surface area contributed by atoms with Crippen LogP contribution >= 0.6 is 11.8 Å². The Morgan fingerprint density at radius 3 is 2.48 bits per heavy atom. The van der Waals surface area contributed by atoms with E-state index in [2.05, 4.69) is 28.1 Å². The average Bonchev–Trinajstić information content (AvgIpc) is 3.57. The van der Waals surface area contributed by atoms with Crippen molar-refractivity contribution in [3.8, 4) is 28.4 Å². The fraction of sp³-hybridized carbons (Fsp3) is 0.500. The first-order valence-electron chi connectivity index (χ1n) is 15.3. The van der Waals surface area contributed by atoms with Crippen LogP contribution in [0.25, 0.3) is 11.1 Å². The van der Waals surface area contributed by atoms with Gasteiger partial charge in [0.1, 0.15) is 6.04 Å². The summed E-state index contributed by atoms with van der Waals surface area (Å²) in [6.07, 6.45) is 10.7. The fourth-order valence-corrected chi connectivity index (χ4v) is 7.47. The van der Waals surface area contributed by atoms with Crippen molar-refractivity contribution in [2.45, 2.75) is 51.1 Å². The summed E-state index contributed by atoms with van der Waals surface area (Å²) in [5.41, 5.74) is 3.22. The van der Waals surface area contributed by atoms with Gasteiger partial charge in [-0.05, 0) is 96.8 Å². The number of amides is 2. The summed E-state index contributed by atoms with van der Waals surface area (Å²) >= 11 is 1.66. The zero-order valence-electron chi connectivity index (χ0n) is 26.2. The molecule has 0 radical (unpaired) electrons.